The van der Waals surface area contributed by atoms with Crippen LogP contribution < -0.4 is 5.32 Å². The van der Waals surface area contributed by atoms with Crippen LogP contribution in [0.4, 0.5) is 0 Å². The number of hydrogen-bond donors (Lipinski definition) is 1. The molecule has 1 N–H and O–H groups in total. The molecule has 1 heteroatoms. The highest BCUT2D eigenvalue weighted by molar-refractivity contribution is 5.26. The summed E-state index contributed by atoms with van der Waals surface area (Å²) in [6.45, 7) is 5.94. The Morgan fingerprint density at radius 2 is 2.14 bits per heavy atom. The van der Waals surface area contributed by atoms with Gasteiger partial charge in [-0.05, 0) is 37.9 Å². The molecule has 0 saturated heterocycles. The van der Waals surface area contributed by atoms with Gasteiger partial charge in [-0.15, -0.1) is 6.58 Å². The second-order valence-electron chi connectivity index (χ2n) is 3.64. The SMILES string of the molecule is C=CCC(Cc1ccccc1C)NC. The number of hydrogen-bond acceptors (Lipinski definition) is 1. The largest absolute Gasteiger partial charge is 0.316 e. The number of aryl methyl sites for hydroxylation is 1. The third kappa shape index (κ3) is 3.00. The van der Waals surface area contributed by atoms with Crippen LogP contribution in [0.1, 0.15) is 17.5 Å². The summed E-state index contributed by atoms with van der Waals surface area (Å²) in [6.07, 6.45) is 4.07. The summed E-state index contributed by atoms with van der Waals surface area (Å²) in [4.78, 5) is 0. The van der Waals surface area contributed by atoms with Crippen molar-refractivity contribution >= 4 is 0 Å². The van der Waals surface area contributed by atoms with Crippen molar-refractivity contribution in [2.45, 2.75) is 25.8 Å². The van der Waals surface area contributed by atoms with Crippen molar-refractivity contribution in [2.75, 3.05) is 7.05 Å². The third-order valence-electron chi connectivity index (χ3n) is 2.59. The second-order valence-corrected chi connectivity index (χ2v) is 3.64. The average Bonchev–Trinajstić information content (AvgIpc) is 2.20. The van der Waals surface area contributed by atoms with E-state index in [1.165, 1.54) is 11.1 Å². The quantitative estimate of drug-likeness (QED) is 0.702. The Labute approximate surface area is 86.8 Å². The third-order valence-corrected chi connectivity index (χ3v) is 2.59. The summed E-state index contributed by atoms with van der Waals surface area (Å²) in [5.41, 5.74) is 2.80. The molecule has 0 aromatic heterocycles. The lowest BCUT2D eigenvalue weighted by molar-refractivity contribution is 0.565. The Bertz CT molecular complexity index is 291. The first-order chi connectivity index (χ1) is 6.77. The van der Waals surface area contributed by atoms with Crippen LogP contribution in [0.25, 0.3) is 0 Å². The predicted octanol–water partition coefficient (Wildman–Crippen LogP) is 2.70. The Hall–Kier alpha value is -1.08. The molecule has 1 unspecified atom stereocenters. The fourth-order valence-corrected chi connectivity index (χ4v) is 1.61. The molecule has 0 saturated carbocycles. The minimum absolute atomic E-state index is 0.508. The fourth-order valence-electron chi connectivity index (χ4n) is 1.61. The van der Waals surface area contributed by atoms with Crippen LogP contribution in [0.3, 0.4) is 0 Å². The maximum Gasteiger partial charge on any atom is 0.0139 e. The Morgan fingerprint density at radius 3 is 2.71 bits per heavy atom. The monoisotopic (exact) mass is 189 g/mol. The molecule has 1 aromatic rings. The highest BCUT2D eigenvalue weighted by Gasteiger charge is 2.06. The molecule has 0 aliphatic heterocycles. The van der Waals surface area contributed by atoms with E-state index in [1.807, 2.05) is 13.1 Å². The van der Waals surface area contributed by atoms with Gasteiger partial charge in [-0.1, -0.05) is 30.3 Å². The smallest absolute Gasteiger partial charge is 0.0139 e. The van der Waals surface area contributed by atoms with Gasteiger partial charge in [0, 0.05) is 6.04 Å². The van der Waals surface area contributed by atoms with Gasteiger partial charge >= 0.3 is 0 Å². The van der Waals surface area contributed by atoms with E-state index < -0.39 is 0 Å². The van der Waals surface area contributed by atoms with Crippen LogP contribution in [-0.2, 0) is 6.42 Å². The van der Waals surface area contributed by atoms with Gasteiger partial charge in [0.05, 0.1) is 0 Å². The summed E-state index contributed by atoms with van der Waals surface area (Å²) < 4.78 is 0. The van der Waals surface area contributed by atoms with E-state index in [4.69, 9.17) is 0 Å². The number of benzene rings is 1. The van der Waals surface area contributed by atoms with Gasteiger partial charge in [0.1, 0.15) is 0 Å². The molecule has 1 nitrogen and oxygen atoms in total. The molecule has 1 rings (SSSR count). The Kier molecular flexibility index (Phi) is 4.41. The maximum atomic E-state index is 3.77. The highest BCUT2D eigenvalue weighted by Crippen LogP contribution is 2.11. The van der Waals surface area contributed by atoms with E-state index in [-0.39, 0.29) is 0 Å². The summed E-state index contributed by atoms with van der Waals surface area (Å²) in [5, 5.41) is 3.31. The van der Waals surface area contributed by atoms with E-state index in [0.29, 0.717) is 6.04 Å². The second kappa shape index (κ2) is 5.61. The Balaban J connectivity index is 2.66. The van der Waals surface area contributed by atoms with E-state index in [9.17, 15) is 0 Å². The zero-order chi connectivity index (χ0) is 10.4. The average molecular weight is 189 g/mol. The topological polar surface area (TPSA) is 12.0 Å². The standard InChI is InChI=1S/C13H19N/c1-4-7-13(14-3)10-12-9-6-5-8-11(12)2/h4-6,8-9,13-14H,1,7,10H2,2-3H3. The molecule has 0 bridgehead atoms. The fraction of sp³-hybridized carbons (Fsp3) is 0.385. The van der Waals surface area contributed by atoms with E-state index in [0.717, 1.165) is 12.8 Å². The molecule has 0 aliphatic rings. The number of rotatable bonds is 5. The first-order valence-electron chi connectivity index (χ1n) is 5.10. The zero-order valence-electron chi connectivity index (χ0n) is 9.09. The van der Waals surface area contributed by atoms with Gasteiger partial charge in [0.15, 0.2) is 0 Å². The van der Waals surface area contributed by atoms with Crippen LogP contribution in [-0.4, -0.2) is 13.1 Å². The normalized spacial score (nSPS) is 12.4. The summed E-state index contributed by atoms with van der Waals surface area (Å²) in [7, 11) is 2.01. The minimum Gasteiger partial charge on any atom is -0.316 e. The molecule has 0 heterocycles. The summed E-state index contributed by atoms with van der Waals surface area (Å²) >= 11 is 0. The van der Waals surface area contributed by atoms with Crippen molar-refractivity contribution < 1.29 is 0 Å². The van der Waals surface area contributed by atoms with Crippen LogP contribution in [0.5, 0.6) is 0 Å². The summed E-state index contributed by atoms with van der Waals surface area (Å²) in [5.74, 6) is 0. The van der Waals surface area contributed by atoms with Crippen molar-refractivity contribution in [3.8, 4) is 0 Å². The lowest BCUT2D eigenvalue weighted by atomic mass is 9.99. The van der Waals surface area contributed by atoms with Crippen molar-refractivity contribution in [2.24, 2.45) is 0 Å². The highest BCUT2D eigenvalue weighted by atomic mass is 14.9. The molecule has 0 aliphatic carbocycles. The van der Waals surface area contributed by atoms with E-state index >= 15 is 0 Å². The predicted molar refractivity (Wildman–Crippen MR) is 62.5 cm³/mol. The van der Waals surface area contributed by atoms with Gasteiger partial charge in [-0.25, -0.2) is 0 Å². The van der Waals surface area contributed by atoms with Crippen molar-refractivity contribution in [3.63, 3.8) is 0 Å². The first kappa shape index (κ1) is 11.0. The molecule has 0 spiro atoms. The maximum absolute atomic E-state index is 3.77. The van der Waals surface area contributed by atoms with E-state index in [1.54, 1.807) is 0 Å². The molecular weight excluding hydrogens is 170 g/mol. The van der Waals surface area contributed by atoms with Crippen molar-refractivity contribution in [1.82, 2.24) is 5.32 Å². The first-order valence-corrected chi connectivity index (χ1v) is 5.10. The lowest BCUT2D eigenvalue weighted by Crippen LogP contribution is -2.27. The van der Waals surface area contributed by atoms with Gasteiger partial charge in [-0.2, -0.15) is 0 Å². The lowest BCUT2D eigenvalue weighted by Gasteiger charge is -2.15. The molecule has 14 heavy (non-hydrogen) atoms. The van der Waals surface area contributed by atoms with E-state index in [2.05, 4.69) is 43.1 Å². The van der Waals surface area contributed by atoms with Crippen LogP contribution in [0.15, 0.2) is 36.9 Å². The van der Waals surface area contributed by atoms with Gasteiger partial charge in [0.25, 0.3) is 0 Å². The number of likely N-dealkylation sites (N-methyl/N-ethyl adjacent to an activating group) is 1. The van der Waals surface area contributed by atoms with Gasteiger partial charge < -0.3 is 5.32 Å². The van der Waals surface area contributed by atoms with Crippen LogP contribution >= 0.6 is 0 Å². The number of nitrogens with one attached hydrogen (secondary N) is 1. The van der Waals surface area contributed by atoms with Crippen LogP contribution in [0.2, 0.25) is 0 Å². The Morgan fingerprint density at radius 1 is 1.43 bits per heavy atom. The minimum atomic E-state index is 0.508. The molecule has 1 atom stereocenters. The van der Waals surface area contributed by atoms with Gasteiger partial charge in [-0.3, -0.25) is 0 Å². The molecule has 1 aromatic carbocycles. The summed E-state index contributed by atoms with van der Waals surface area (Å²) in [6, 6.07) is 9.05. The molecule has 76 valence electrons. The van der Waals surface area contributed by atoms with Crippen LogP contribution in [0, 0.1) is 6.92 Å². The van der Waals surface area contributed by atoms with Crippen molar-refractivity contribution in [1.29, 1.82) is 0 Å². The van der Waals surface area contributed by atoms with Crippen molar-refractivity contribution in [3.05, 3.63) is 48.0 Å². The molecular formula is C13H19N. The molecule has 0 radical (unpaired) electrons. The van der Waals surface area contributed by atoms with Gasteiger partial charge in [0.2, 0.25) is 0 Å². The molecule has 0 amide bonds. The molecule has 0 fully saturated rings. The zero-order valence-corrected chi connectivity index (χ0v) is 9.09.